The first-order chi connectivity index (χ1) is 8.20. The molecule has 0 aliphatic rings. The monoisotopic (exact) mass is 260 g/mol. The van der Waals surface area contributed by atoms with Crippen molar-refractivity contribution in [3.63, 3.8) is 0 Å². The maximum Gasteiger partial charge on any atom is 0.302 e. The number of hydrogen-bond acceptors (Lipinski definition) is 3. The molecule has 0 saturated carbocycles. The summed E-state index contributed by atoms with van der Waals surface area (Å²) < 4.78 is 4.91. The van der Waals surface area contributed by atoms with E-state index in [1.165, 1.54) is 51.2 Å². The van der Waals surface area contributed by atoms with Gasteiger partial charge in [-0.25, -0.2) is 0 Å². The zero-order valence-corrected chi connectivity index (χ0v) is 12.5. The minimum atomic E-state index is -0.159. The van der Waals surface area contributed by atoms with Gasteiger partial charge in [0.25, 0.3) is 0 Å². The summed E-state index contributed by atoms with van der Waals surface area (Å²) in [7, 11) is 0. The van der Waals surface area contributed by atoms with Crippen LogP contribution in [-0.4, -0.2) is 24.6 Å². The number of unbranched alkanes of at least 4 members (excludes halogenated alkanes) is 2. The Labute approximate surface area is 111 Å². The molecule has 3 heteroatoms. The molecule has 0 fully saturated rings. The summed E-state index contributed by atoms with van der Waals surface area (Å²) in [4.78, 5) is 10.6. The van der Waals surface area contributed by atoms with E-state index in [4.69, 9.17) is 4.74 Å². The predicted octanol–water partition coefficient (Wildman–Crippen LogP) is 4.28. The lowest BCUT2D eigenvalue weighted by atomic mass is 9.94. The molecule has 0 aromatic carbocycles. The van der Waals surface area contributed by atoms with Gasteiger partial charge in [0.1, 0.15) is 0 Å². The van der Waals surface area contributed by atoms with Gasteiger partial charge in [0, 0.05) is 6.92 Å². The van der Waals surface area contributed by atoms with Crippen molar-refractivity contribution in [2.24, 2.45) is 5.92 Å². The molecule has 1 unspecified atom stereocenters. The largest absolute Gasteiger partial charge is 0.466 e. The lowest BCUT2D eigenvalue weighted by Gasteiger charge is -2.14. The van der Waals surface area contributed by atoms with Crippen LogP contribution in [0.5, 0.6) is 0 Å². The van der Waals surface area contributed by atoms with E-state index in [1.54, 1.807) is 0 Å². The first-order valence-electron chi connectivity index (χ1n) is 6.83. The van der Waals surface area contributed by atoms with Crippen molar-refractivity contribution in [2.45, 2.75) is 58.8 Å². The first kappa shape index (κ1) is 16.8. The van der Waals surface area contributed by atoms with Gasteiger partial charge in [-0.2, -0.15) is 11.8 Å². The lowest BCUT2D eigenvalue weighted by molar-refractivity contribution is -0.141. The summed E-state index contributed by atoms with van der Waals surface area (Å²) in [5.74, 6) is 2.03. The van der Waals surface area contributed by atoms with Gasteiger partial charge in [-0.3, -0.25) is 4.79 Å². The highest BCUT2D eigenvalue weighted by atomic mass is 32.2. The highest BCUT2D eigenvalue weighted by molar-refractivity contribution is 7.98. The molecule has 0 spiro atoms. The van der Waals surface area contributed by atoms with E-state index in [1.807, 2.05) is 11.8 Å². The Morgan fingerprint density at radius 3 is 2.47 bits per heavy atom. The summed E-state index contributed by atoms with van der Waals surface area (Å²) in [6.45, 7) is 4.36. The highest BCUT2D eigenvalue weighted by Gasteiger charge is 2.05. The Morgan fingerprint density at radius 1 is 1.18 bits per heavy atom. The van der Waals surface area contributed by atoms with Crippen LogP contribution in [0.4, 0.5) is 0 Å². The number of carbonyl (C=O) groups excluding carboxylic acids is 1. The van der Waals surface area contributed by atoms with Gasteiger partial charge in [0.05, 0.1) is 6.61 Å². The molecular weight excluding hydrogens is 232 g/mol. The Balaban J connectivity index is 3.33. The van der Waals surface area contributed by atoms with E-state index in [0.29, 0.717) is 6.61 Å². The van der Waals surface area contributed by atoms with Crippen LogP contribution in [0.3, 0.4) is 0 Å². The SMILES string of the molecule is CCC(CCCCCOC(C)=O)CCCSC. The number of ether oxygens (including phenoxy) is 1. The molecule has 0 saturated heterocycles. The number of thioether (sulfide) groups is 1. The molecule has 2 nitrogen and oxygen atoms in total. The smallest absolute Gasteiger partial charge is 0.302 e. The van der Waals surface area contributed by atoms with Gasteiger partial charge >= 0.3 is 5.97 Å². The van der Waals surface area contributed by atoms with Gasteiger partial charge in [0.15, 0.2) is 0 Å². The maximum atomic E-state index is 10.6. The lowest BCUT2D eigenvalue weighted by Crippen LogP contribution is -2.02. The fraction of sp³-hybridized carbons (Fsp3) is 0.929. The third kappa shape index (κ3) is 12.1. The van der Waals surface area contributed by atoms with Crippen molar-refractivity contribution >= 4 is 17.7 Å². The van der Waals surface area contributed by atoms with Gasteiger partial charge in [-0.1, -0.05) is 32.6 Å². The van der Waals surface area contributed by atoms with E-state index in [2.05, 4.69) is 13.2 Å². The summed E-state index contributed by atoms with van der Waals surface area (Å²) in [5.41, 5.74) is 0. The molecule has 0 heterocycles. The van der Waals surface area contributed by atoms with Crippen molar-refractivity contribution in [1.82, 2.24) is 0 Å². The van der Waals surface area contributed by atoms with Crippen molar-refractivity contribution in [1.29, 1.82) is 0 Å². The topological polar surface area (TPSA) is 26.3 Å². The highest BCUT2D eigenvalue weighted by Crippen LogP contribution is 2.19. The normalized spacial score (nSPS) is 12.4. The Bertz CT molecular complexity index is 183. The van der Waals surface area contributed by atoms with Crippen LogP contribution in [0.15, 0.2) is 0 Å². The molecule has 0 N–H and O–H groups in total. The average molecular weight is 260 g/mol. The Kier molecular flexibility index (Phi) is 12.2. The minimum Gasteiger partial charge on any atom is -0.466 e. The van der Waals surface area contributed by atoms with E-state index in [9.17, 15) is 4.79 Å². The fourth-order valence-electron chi connectivity index (χ4n) is 2.00. The molecule has 1 atom stereocenters. The molecule has 0 amide bonds. The van der Waals surface area contributed by atoms with Crippen LogP contribution in [0.25, 0.3) is 0 Å². The zero-order chi connectivity index (χ0) is 12.9. The predicted molar refractivity (Wildman–Crippen MR) is 76.5 cm³/mol. The van der Waals surface area contributed by atoms with Crippen molar-refractivity contribution in [3.05, 3.63) is 0 Å². The van der Waals surface area contributed by atoms with Crippen LogP contribution in [-0.2, 0) is 9.53 Å². The van der Waals surface area contributed by atoms with Crippen molar-refractivity contribution in [2.75, 3.05) is 18.6 Å². The van der Waals surface area contributed by atoms with Crippen LogP contribution in [0.2, 0.25) is 0 Å². The molecule has 102 valence electrons. The second-order valence-electron chi connectivity index (χ2n) is 4.60. The van der Waals surface area contributed by atoms with Crippen LogP contribution >= 0.6 is 11.8 Å². The standard InChI is InChI=1S/C14H28O2S/c1-4-14(10-8-12-17-3)9-6-5-7-11-16-13(2)15/h14H,4-12H2,1-3H3. The zero-order valence-electron chi connectivity index (χ0n) is 11.7. The molecule has 17 heavy (non-hydrogen) atoms. The number of carbonyl (C=O) groups is 1. The van der Waals surface area contributed by atoms with E-state index < -0.39 is 0 Å². The molecule has 0 bridgehead atoms. The molecule has 0 aromatic heterocycles. The van der Waals surface area contributed by atoms with Crippen molar-refractivity contribution in [3.8, 4) is 0 Å². The molecule has 0 aliphatic carbocycles. The van der Waals surface area contributed by atoms with E-state index >= 15 is 0 Å². The third-order valence-corrected chi connectivity index (χ3v) is 3.80. The quantitative estimate of drug-likeness (QED) is 0.410. The average Bonchev–Trinajstić information content (AvgIpc) is 2.31. The Hall–Kier alpha value is -0.180. The number of hydrogen-bond donors (Lipinski definition) is 0. The van der Waals surface area contributed by atoms with Gasteiger partial charge < -0.3 is 4.74 Å². The van der Waals surface area contributed by atoms with Crippen molar-refractivity contribution < 1.29 is 9.53 Å². The summed E-state index contributed by atoms with van der Waals surface area (Å²) in [6.07, 6.45) is 11.0. The second kappa shape index (κ2) is 12.3. The third-order valence-electron chi connectivity index (χ3n) is 3.10. The summed E-state index contributed by atoms with van der Waals surface area (Å²) in [5, 5.41) is 0. The Morgan fingerprint density at radius 2 is 1.88 bits per heavy atom. The number of rotatable bonds is 11. The van der Waals surface area contributed by atoms with Crippen LogP contribution in [0, 0.1) is 5.92 Å². The van der Waals surface area contributed by atoms with Gasteiger partial charge in [0.2, 0.25) is 0 Å². The minimum absolute atomic E-state index is 0.159. The summed E-state index contributed by atoms with van der Waals surface area (Å²) >= 11 is 1.94. The maximum absolute atomic E-state index is 10.6. The van der Waals surface area contributed by atoms with Gasteiger partial charge in [-0.15, -0.1) is 0 Å². The second-order valence-corrected chi connectivity index (χ2v) is 5.58. The molecule has 0 aromatic rings. The van der Waals surface area contributed by atoms with Crippen LogP contribution in [0.1, 0.15) is 58.8 Å². The number of esters is 1. The molecule has 0 rings (SSSR count). The fourth-order valence-corrected chi connectivity index (χ4v) is 2.45. The van der Waals surface area contributed by atoms with Gasteiger partial charge in [-0.05, 0) is 37.2 Å². The molecule has 0 aliphatic heterocycles. The summed E-state index contributed by atoms with van der Waals surface area (Å²) in [6, 6.07) is 0. The molecule has 0 radical (unpaired) electrons. The first-order valence-corrected chi connectivity index (χ1v) is 8.22. The van der Waals surface area contributed by atoms with E-state index in [-0.39, 0.29) is 5.97 Å². The van der Waals surface area contributed by atoms with Crippen LogP contribution < -0.4 is 0 Å². The molecular formula is C14H28O2S. The van der Waals surface area contributed by atoms with E-state index in [0.717, 1.165) is 12.3 Å².